The average Bonchev–Trinajstić information content (AvgIpc) is 3.53. The van der Waals surface area contributed by atoms with Crippen LogP contribution in [0.1, 0.15) is 28.1 Å². The van der Waals surface area contributed by atoms with E-state index in [9.17, 15) is 0 Å². The molecule has 1 N–H and O–H groups in total. The maximum absolute atomic E-state index is 6.10. The molecule has 48 heavy (non-hydrogen) atoms. The second-order valence-corrected chi connectivity index (χ2v) is 12.5. The minimum Gasteiger partial charge on any atom is -0.489 e. The van der Waals surface area contributed by atoms with Gasteiger partial charge in [-0.05, 0) is 102 Å². The first-order valence-electron chi connectivity index (χ1n) is 16.4. The van der Waals surface area contributed by atoms with E-state index in [1.807, 2.05) is 25.1 Å². The fourth-order valence-corrected chi connectivity index (χ4v) is 6.51. The Morgan fingerprint density at radius 2 is 1.40 bits per heavy atom. The van der Waals surface area contributed by atoms with Crippen molar-refractivity contribution < 1.29 is 4.74 Å². The van der Waals surface area contributed by atoms with E-state index in [4.69, 9.17) is 9.72 Å². The first-order valence-corrected chi connectivity index (χ1v) is 16.4. The lowest BCUT2D eigenvalue weighted by Crippen LogP contribution is -2.02. The van der Waals surface area contributed by atoms with E-state index in [2.05, 4.69) is 143 Å². The zero-order chi connectivity index (χ0) is 32.5. The number of benzene rings is 5. The lowest BCUT2D eigenvalue weighted by molar-refractivity contribution is 0.306. The van der Waals surface area contributed by atoms with Crippen molar-refractivity contribution in [2.45, 2.75) is 33.5 Å². The van der Waals surface area contributed by atoms with Gasteiger partial charge in [0.05, 0.1) is 16.6 Å². The van der Waals surface area contributed by atoms with Crippen LogP contribution >= 0.6 is 0 Å². The summed E-state index contributed by atoms with van der Waals surface area (Å²) in [7, 11) is 0. The number of hydrogen-bond acceptors (Lipinski definition) is 4. The Morgan fingerprint density at radius 3 is 2.25 bits per heavy atom. The van der Waals surface area contributed by atoms with Crippen molar-refractivity contribution in [3.8, 4) is 16.9 Å². The molecule has 8 rings (SSSR count). The monoisotopic (exact) mass is 624 g/mol. The van der Waals surface area contributed by atoms with Crippen LogP contribution in [0.4, 0.5) is 5.69 Å². The molecule has 0 radical (unpaired) electrons. The third kappa shape index (κ3) is 6.10. The molecule has 5 nitrogen and oxygen atoms in total. The summed E-state index contributed by atoms with van der Waals surface area (Å²) < 4.78 is 8.43. The first kappa shape index (κ1) is 29.5. The minimum atomic E-state index is 0.519. The molecule has 234 valence electrons. The summed E-state index contributed by atoms with van der Waals surface area (Å²) in [5.41, 5.74) is 12.5. The summed E-state index contributed by atoms with van der Waals surface area (Å²) in [4.78, 5) is 9.31. The van der Waals surface area contributed by atoms with Gasteiger partial charge in [-0.1, -0.05) is 72.8 Å². The second kappa shape index (κ2) is 12.7. The summed E-state index contributed by atoms with van der Waals surface area (Å²) in [6.07, 6.45) is 2.19. The zero-order valence-corrected chi connectivity index (χ0v) is 27.2. The lowest BCUT2D eigenvalue weighted by Gasteiger charge is -2.12. The van der Waals surface area contributed by atoms with Gasteiger partial charge in [-0.2, -0.15) is 0 Å². The molecule has 0 aliphatic heterocycles. The fourth-order valence-electron chi connectivity index (χ4n) is 6.51. The summed E-state index contributed by atoms with van der Waals surface area (Å²) in [5, 5.41) is 7.24. The minimum absolute atomic E-state index is 0.519. The van der Waals surface area contributed by atoms with Crippen molar-refractivity contribution in [3.05, 3.63) is 168 Å². The van der Waals surface area contributed by atoms with Crippen LogP contribution < -0.4 is 10.1 Å². The van der Waals surface area contributed by atoms with Crippen molar-refractivity contribution in [1.29, 1.82) is 0 Å². The molecule has 5 aromatic carbocycles. The van der Waals surface area contributed by atoms with Gasteiger partial charge in [-0.25, -0.2) is 0 Å². The molecular formula is C43H36N4O. The summed E-state index contributed by atoms with van der Waals surface area (Å²) in [6, 6.07) is 46.9. The number of hydrogen-bond donors (Lipinski definition) is 1. The Labute approximate surface area is 280 Å². The largest absolute Gasteiger partial charge is 0.489 e. The molecule has 0 spiro atoms. The summed E-state index contributed by atoms with van der Waals surface area (Å²) >= 11 is 0. The number of fused-ring (bicyclic) bond motifs is 3. The number of aryl methyl sites for hydroxylation is 2. The number of pyridine rings is 2. The quantitative estimate of drug-likeness (QED) is 0.174. The molecule has 0 saturated carbocycles. The topological polar surface area (TPSA) is 52.0 Å². The van der Waals surface area contributed by atoms with Crippen molar-refractivity contribution in [3.63, 3.8) is 0 Å². The summed E-state index contributed by atoms with van der Waals surface area (Å²) in [6.45, 7) is 6.15. The van der Waals surface area contributed by atoms with Crippen LogP contribution in [0.2, 0.25) is 0 Å². The van der Waals surface area contributed by atoms with Crippen LogP contribution in [0.3, 0.4) is 0 Å². The van der Waals surface area contributed by atoms with Crippen molar-refractivity contribution in [2.75, 3.05) is 5.32 Å². The molecular weight excluding hydrogens is 589 g/mol. The highest BCUT2D eigenvalue weighted by atomic mass is 16.5. The first-order chi connectivity index (χ1) is 23.6. The lowest BCUT2D eigenvalue weighted by atomic mass is 10.0. The van der Waals surface area contributed by atoms with Crippen LogP contribution in [0.15, 0.2) is 140 Å². The van der Waals surface area contributed by atoms with Gasteiger partial charge in [-0.15, -0.1) is 0 Å². The number of nitrogens with one attached hydrogen (secondary N) is 1. The van der Waals surface area contributed by atoms with Crippen LogP contribution in [-0.2, 0) is 19.7 Å². The van der Waals surface area contributed by atoms with Gasteiger partial charge >= 0.3 is 0 Å². The predicted octanol–water partition coefficient (Wildman–Crippen LogP) is 10.3. The number of para-hydroxylation sites is 1. The molecule has 0 unspecified atom stereocenters. The van der Waals surface area contributed by atoms with E-state index in [1.54, 1.807) is 0 Å². The smallest absolute Gasteiger partial charge is 0.119 e. The van der Waals surface area contributed by atoms with Gasteiger partial charge in [0.1, 0.15) is 12.4 Å². The maximum atomic E-state index is 6.10. The highest BCUT2D eigenvalue weighted by Gasteiger charge is 2.10. The third-order valence-corrected chi connectivity index (χ3v) is 9.01. The molecule has 3 aromatic heterocycles. The fraction of sp³-hybridized carbons (Fsp3) is 0.116. The van der Waals surface area contributed by atoms with E-state index < -0.39 is 0 Å². The number of nitrogens with zero attached hydrogens (tertiary/aromatic N) is 3. The average molecular weight is 625 g/mol. The van der Waals surface area contributed by atoms with Gasteiger partial charge in [0.2, 0.25) is 0 Å². The molecule has 3 heterocycles. The second-order valence-electron chi connectivity index (χ2n) is 12.5. The Kier molecular flexibility index (Phi) is 7.79. The Morgan fingerprint density at radius 1 is 0.625 bits per heavy atom. The van der Waals surface area contributed by atoms with E-state index >= 15 is 0 Å². The number of ether oxygens (including phenoxy) is 1. The van der Waals surface area contributed by atoms with Gasteiger partial charge in [0.25, 0.3) is 0 Å². The van der Waals surface area contributed by atoms with Gasteiger partial charge in [0, 0.05) is 52.5 Å². The van der Waals surface area contributed by atoms with E-state index in [0.717, 1.165) is 63.5 Å². The highest BCUT2D eigenvalue weighted by Crippen LogP contribution is 2.28. The van der Waals surface area contributed by atoms with E-state index in [1.165, 1.54) is 33.0 Å². The van der Waals surface area contributed by atoms with Crippen LogP contribution in [0.5, 0.6) is 5.75 Å². The molecule has 0 amide bonds. The van der Waals surface area contributed by atoms with Gasteiger partial charge in [0.15, 0.2) is 0 Å². The highest BCUT2D eigenvalue weighted by molar-refractivity contribution is 5.93. The van der Waals surface area contributed by atoms with Crippen molar-refractivity contribution >= 4 is 38.4 Å². The Balaban J connectivity index is 0.908. The number of aromatic nitrogens is 3. The van der Waals surface area contributed by atoms with Gasteiger partial charge < -0.3 is 14.6 Å². The zero-order valence-electron chi connectivity index (χ0n) is 27.2. The normalized spacial score (nSPS) is 11.4. The third-order valence-electron chi connectivity index (χ3n) is 9.01. The van der Waals surface area contributed by atoms with Gasteiger partial charge in [-0.3, -0.25) is 9.97 Å². The maximum Gasteiger partial charge on any atom is 0.119 e. The number of rotatable bonds is 9. The summed E-state index contributed by atoms with van der Waals surface area (Å²) in [5.74, 6) is 0.856. The van der Waals surface area contributed by atoms with Crippen molar-refractivity contribution in [2.24, 2.45) is 0 Å². The van der Waals surface area contributed by atoms with Crippen LogP contribution in [0.25, 0.3) is 43.8 Å². The Hall–Kier alpha value is -5.94. The molecule has 8 aromatic rings. The standard InChI is InChI=1S/C43H36N4O/c1-29-10-14-35-25-32(13-21-40(35)45-29)28-48-37-19-17-34(18-20-37)33-15-11-31(12-16-33)26-44-41-8-5-9-43-39(41)22-23-47(43)27-36-24-30(2)46-42-7-4-3-6-38(36)42/h3-25,44H,26-28H2,1-2H3. The van der Waals surface area contributed by atoms with Crippen LogP contribution in [-0.4, -0.2) is 14.5 Å². The molecule has 0 atom stereocenters. The number of anilines is 1. The molecule has 0 aliphatic carbocycles. The van der Waals surface area contributed by atoms with Crippen molar-refractivity contribution in [1.82, 2.24) is 14.5 Å². The molecule has 0 saturated heterocycles. The molecule has 0 aliphatic rings. The van der Waals surface area contributed by atoms with E-state index in [0.29, 0.717) is 6.61 Å². The molecule has 0 fully saturated rings. The van der Waals surface area contributed by atoms with E-state index in [-0.39, 0.29) is 0 Å². The molecule has 5 heteroatoms. The predicted molar refractivity (Wildman–Crippen MR) is 198 cm³/mol. The molecule has 0 bridgehead atoms. The SMILES string of the molecule is Cc1ccc2cc(COc3ccc(-c4ccc(CNc5cccc6c5ccn6Cc5cc(C)nc6ccccc56)cc4)cc3)ccc2n1. The Bertz CT molecular complexity index is 2390. The van der Waals surface area contributed by atoms with Crippen LogP contribution in [0, 0.1) is 13.8 Å².